The van der Waals surface area contributed by atoms with Crippen LogP contribution in [-0.2, 0) is 6.61 Å². The van der Waals surface area contributed by atoms with Gasteiger partial charge in [0.2, 0.25) is 0 Å². The van der Waals surface area contributed by atoms with Crippen LogP contribution in [0.5, 0.6) is 5.75 Å². The Hall–Kier alpha value is -3.21. The maximum atomic E-state index is 12.4. The van der Waals surface area contributed by atoms with Gasteiger partial charge >= 0.3 is 0 Å². The average molecular weight is 422 g/mol. The molecule has 0 bridgehead atoms. The van der Waals surface area contributed by atoms with Crippen LogP contribution < -0.4 is 15.4 Å². The fraction of sp³-hybridized carbons (Fsp3) is 0.136. The number of thiophene rings is 1. The zero-order valence-electron chi connectivity index (χ0n) is 16.0. The Kier molecular flexibility index (Phi) is 6.60. The number of anilines is 1. The summed E-state index contributed by atoms with van der Waals surface area (Å²) in [7, 11) is 0. The molecule has 0 saturated carbocycles. The first-order chi connectivity index (χ1) is 14.0. The van der Waals surface area contributed by atoms with Gasteiger partial charge in [-0.25, -0.2) is 0 Å². The first-order valence-corrected chi connectivity index (χ1v) is 10.1. The minimum atomic E-state index is -0.333. The minimum absolute atomic E-state index is 0.150. The summed E-state index contributed by atoms with van der Waals surface area (Å²) in [6, 6.07) is 18.9. The highest BCUT2D eigenvalue weighted by molar-refractivity contribution is 7.80. The molecule has 2 N–H and O–H groups in total. The van der Waals surface area contributed by atoms with E-state index >= 15 is 0 Å². The maximum Gasteiger partial charge on any atom is 0.257 e. The van der Waals surface area contributed by atoms with E-state index in [9.17, 15) is 10.1 Å². The van der Waals surface area contributed by atoms with Crippen molar-refractivity contribution < 1.29 is 9.53 Å². The number of ether oxygens (including phenoxy) is 1. The van der Waals surface area contributed by atoms with Crippen LogP contribution in [0.4, 0.5) is 5.00 Å². The Labute approximate surface area is 179 Å². The fourth-order valence-electron chi connectivity index (χ4n) is 2.60. The van der Waals surface area contributed by atoms with Crippen molar-refractivity contribution in [3.8, 4) is 11.8 Å². The van der Waals surface area contributed by atoms with Crippen LogP contribution in [0.25, 0.3) is 0 Å². The first kappa shape index (κ1) is 20.5. The van der Waals surface area contributed by atoms with Crippen molar-refractivity contribution in [2.24, 2.45) is 0 Å². The van der Waals surface area contributed by atoms with E-state index in [1.807, 2.05) is 44.2 Å². The van der Waals surface area contributed by atoms with E-state index in [0.29, 0.717) is 28.5 Å². The summed E-state index contributed by atoms with van der Waals surface area (Å²) in [5.74, 6) is 0.343. The topological polar surface area (TPSA) is 74.2 Å². The Morgan fingerprint density at radius 2 is 1.83 bits per heavy atom. The van der Waals surface area contributed by atoms with Gasteiger partial charge in [-0.05, 0) is 61.5 Å². The Morgan fingerprint density at radius 3 is 2.48 bits per heavy atom. The highest BCUT2D eigenvalue weighted by atomic mass is 32.1. The highest BCUT2D eigenvalue weighted by Gasteiger charge is 2.15. The van der Waals surface area contributed by atoms with Crippen molar-refractivity contribution in [2.75, 3.05) is 5.32 Å². The molecule has 0 aliphatic heterocycles. The number of hydrogen-bond acceptors (Lipinski definition) is 5. The largest absolute Gasteiger partial charge is 0.489 e. The molecule has 1 heterocycles. The van der Waals surface area contributed by atoms with E-state index in [4.69, 9.17) is 17.0 Å². The number of thiocarbonyl (C=S) groups is 1. The normalized spacial score (nSPS) is 10.1. The number of aryl methyl sites for hydroxylation is 1. The number of hydrogen-bond donors (Lipinski definition) is 2. The molecule has 2 aromatic carbocycles. The second-order valence-electron chi connectivity index (χ2n) is 6.31. The van der Waals surface area contributed by atoms with E-state index in [-0.39, 0.29) is 11.0 Å². The van der Waals surface area contributed by atoms with Gasteiger partial charge in [-0.2, -0.15) is 5.26 Å². The van der Waals surface area contributed by atoms with Gasteiger partial charge in [0, 0.05) is 10.4 Å². The molecule has 0 radical (unpaired) electrons. The predicted molar refractivity (Wildman–Crippen MR) is 119 cm³/mol. The van der Waals surface area contributed by atoms with E-state index in [2.05, 4.69) is 16.7 Å². The highest BCUT2D eigenvalue weighted by Crippen LogP contribution is 2.31. The number of carbonyl (C=O) groups excluding carboxylic acids is 1. The standard InChI is InChI=1S/C22H19N3O2S2/c1-14-15(2)29-21(19(14)12-23)25-22(28)24-20(26)17-8-10-18(11-9-17)27-13-16-6-4-3-5-7-16/h3-11H,13H2,1-2H3,(H2,24,25,26,28). The fourth-order valence-corrected chi connectivity index (χ4v) is 3.88. The number of benzene rings is 2. The van der Waals surface area contributed by atoms with Crippen molar-refractivity contribution in [2.45, 2.75) is 20.5 Å². The number of carbonyl (C=O) groups is 1. The number of rotatable bonds is 5. The van der Waals surface area contributed by atoms with E-state index < -0.39 is 0 Å². The molecule has 29 heavy (non-hydrogen) atoms. The molecule has 1 amide bonds. The molecule has 0 aliphatic carbocycles. The number of amides is 1. The summed E-state index contributed by atoms with van der Waals surface area (Å²) in [6.07, 6.45) is 0. The number of nitrogens with one attached hydrogen (secondary N) is 2. The summed E-state index contributed by atoms with van der Waals surface area (Å²) < 4.78 is 5.73. The first-order valence-electron chi connectivity index (χ1n) is 8.87. The van der Waals surface area contributed by atoms with Gasteiger partial charge in [-0.15, -0.1) is 11.3 Å². The summed E-state index contributed by atoms with van der Waals surface area (Å²) in [4.78, 5) is 13.5. The van der Waals surface area contributed by atoms with Gasteiger partial charge < -0.3 is 10.1 Å². The number of nitriles is 1. The van der Waals surface area contributed by atoms with Gasteiger partial charge in [-0.3, -0.25) is 10.1 Å². The van der Waals surface area contributed by atoms with Crippen LogP contribution in [0.1, 0.15) is 31.9 Å². The lowest BCUT2D eigenvalue weighted by Crippen LogP contribution is -2.34. The second kappa shape index (κ2) is 9.32. The molecule has 3 rings (SSSR count). The van der Waals surface area contributed by atoms with Crippen LogP contribution in [0.3, 0.4) is 0 Å². The molecule has 3 aromatic rings. The molecule has 0 fully saturated rings. The number of nitrogens with zero attached hydrogens (tertiary/aromatic N) is 1. The molecule has 0 unspecified atom stereocenters. The summed E-state index contributed by atoms with van der Waals surface area (Å²) in [5, 5.41) is 15.7. The van der Waals surface area contributed by atoms with Crippen LogP contribution in [0.15, 0.2) is 54.6 Å². The van der Waals surface area contributed by atoms with Crippen molar-refractivity contribution in [1.29, 1.82) is 5.26 Å². The maximum absolute atomic E-state index is 12.4. The molecule has 0 spiro atoms. The van der Waals surface area contributed by atoms with Gasteiger partial charge in [0.25, 0.3) is 5.91 Å². The molecule has 1 aromatic heterocycles. The molecule has 7 heteroatoms. The third-order valence-electron chi connectivity index (χ3n) is 4.32. The third-order valence-corrected chi connectivity index (χ3v) is 5.64. The van der Waals surface area contributed by atoms with Gasteiger partial charge in [0.1, 0.15) is 23.4 Å². The van der Waals surface area contributed by atoms with Crippen molar-refractivity contribution in [3.63, 3.8) is 0 Å². The Balaban J connectivity index is 1.57. The lowest BCUT2D eigenvalue weighted by Gasteiger charge is -2.10. The summed E-state index contributed by atoms with van der Waals surface area (Å²) >= 11 is 6.66. The van der Waals surface area contributed by atoms with Crippen LogP contribution >= 0.6 is 23.6 Å². The molecular weight excluding hydrogens is 402 g/mol. The van der Waals surface area contributed by atoms with Gasteiger partial charge in [0.15, 0.2) is 5.11 Å². The summed E-state index contributed by atoms with van der Waals surface area (Å²) in [5.41, 5.74) is 2.99. The van der Waals surface area contributed by atoms with Crippen molar-refractivity contribution in [1.82, 2.24) is 5.32 Å². The zero-order chi connectivity index (χ0) is 20.8. The monoisotopic (exact) mass is 421 g/mol. The Bertz CT molecular complexity index is 1070. The second-order valence-corrected chi connectivity index (χ2v) is 7.94. The SMILES string of the molecule is Cc1sc(NC(=S)NC(=O)c2ccc(OCc3ccccc3)cc2)c(C#N)c1C. The van der Waals surface area contributed by atoms with Crippen LogP contribution in [-0.4, -0.2) is 11.0 Å². The zero-order valence-corrected chi connectivity index (χ0v) is 17.6. The average Bonchev–Trinajstić information content (AvgIpc) is 2.99. The molecular formula is C22H19N3O2S2. The van der Waals surface area contributed by atoms with Crippen LogP contribution in [0, 0.1) is 25.2 Å². The lowest BCUT2D eigenvalue weighted by atomic mass is 10.2. The van der Waals surface area contributed by atoms with Crippen molar-refractivity contribution in [3.05, 3.63) is 81.7 Å². The molecule has 0 atom stereocenters. The Morgan fingerprint density at radius 1 is 1.14 bits per heavy atom. The van der Waals surface area contributed by atoms with Gasteiger partial charge in [0.05, 0.1) is 5.56 Å². The van der Waals surface area contributed by atoms with Gasteiger partial charge in [-0.1, -0.05) is 30.3 Å². The molecule has 0 aliphatic rings. The molecule has 146 valence electrons. The minimum Gasteiger partial charge on any atom is -0.489 e. The van der Waals surface area contributed by atoms with E-state index in [0.717, 1.165) is 16.0 Å². The lowest BCUT2D eigenvalue weighted by molar-refractivity contribution is 0.0977. The predicted octanol–water partition coefficient (Wildman–Crippen LogP) is 4.94. The molecule has 0 saturated heterocycles. The van der Waals surface area contributed by atoms with E-state index in [1.165, 1.54) is 11.3 Å². The van der Waals surface area contributed by atoms with Crippen molar-refractivity contribution >= 4 is 39.6 Å². The summed E-state index contributed by atoms with van der Waals surface area (Å²) in [6.45, 7) is 4.29. The smallest absolute Gasteiger partial charge is 0.257 e. The third kappa shape index (κ3) is 5.19. The van der Waals surface area contributed by atoms with E-state index in [1.54, 1.807) is 24.3 Å². The van der Waals surface area contributed by atoms with Crippen LogP contribution in [0.2, 0.25) is 0 Å². The molecule has 5 nitrogen and oxygen atoms in total. The quantitative estimate of drug-likeness (QED) is 0.571.